The summed E-state index contributed by atoms with van der Waals surface area (Å²) in [4.78, 5) is 14.2. The van der Waals surface area contributed by atoms with E-state index >= 15 is 0 Å². The van der Waals surface area contributed by atoms with Crippen molar-refractivity contribution >= 4 is 17.5 Å². The Kier molecular flexibility index (Phi) is 5.94. The predicted octanol–water partition coefficient (Wildman–Crippen LogP) is 1.60. The number of carbonyl (C=O) groups excluding carboxylic acids is 1. The highest BCUT2D eigenvalue weighted by molar-refractivity contribution is 6.30. The van der Waals surface area contributed by atoms with E-state index in [2.05, 4.69) is 12.5 Å². The van der Waals surface area contributed by atoms with Gasteiger partial charge in [0.15, 0.2) is 0 Å². The highest BCUT2D eigenvalue weighted by atomic mass is 35.5. The molecule has 2 aromatic carbocycles. The number of carbonyl (C=O) groups is 1. The Hall–Kier alpha value is -2.67. The van der Waals surface area contributed by atoms with Gasteiger partial charge in [0, 0.05) is 22.3 Å². The molecule has 29 heavy (non-hydrogen) atoms. The van der Waals surface area contributed by atoms with Crippen molar-refractivity contribution in [3.8, 4) is 16.9 Å². The molecule has 150 valence electrons. The lowest BCUT2D eigenvalue weighted by Crippen LogP contribution is -3.12. The Bertz CT molecular complexity index is 963. The van der Waals surface area contributed by atoms with Crippen molar-refractivity contribution in [3.05, 3.63) is 71.4 Å². The van der Waals surface area contributed by atoms with E-state index in [0.29, 0.717) is 5.02 Å². The quantitative estimate of drug-likeness (QED) is 0.671. The zero-order valence-electron chi connectivity index (χ0n) is 16.4. The Labute approximate surface area is 175 Å². The first-order valence-electron chi connectivity index (χ1n) is 9.84. The molecular weight excluding hydrogens is 386 g/mol. The van der Waals surface area contributed by atoms with Crippen LogP contribution in [-0.2, 0) is 11.2 Å². The van der Waals surface area contributed by atoms with Crippen molar-refractivity contribution < 1.29 is 9.69 Å². The summed E-state index contributed by atoms with van der Waals surface area (Å²) in [6, 6.07) is 17.5. The molecule has 1 fully saturated rings. The summed E-state index contributed by atoms with van der Waals surface area (Å²) in [6.45, 7) is 3.79. The van der Waals surface area contributed by atoms with E-state index in [9.17, 15) is 4.79 Å². The summed E-state index contributed by atoms with van der Waals surface area (Å²) in [5.74, 6) is -0.0209. The normalized spacial score (nSPS) is 15.4. The van der Waals surface area contributed by atoms with Crippen molar-refractivity contribution in [2.75, 3.05) is 33.2 Å². The van der Waals surface area contributed by atoms with E-state index in [4.69, 9.17) is 16.7 Å². The van der Waals surface area contributed by atoms with Crippen LogP contribution in [0.2, 0.25) is 5.02 Å². The topological polar surface area (TPSA) is 54.6 Å². The monoisotopic (exact) mass is 410 g/mol. The lowest BCUT2D eigenvalue weighted by molar-refractivity contribution is -0.884. The molecule has 7 heteroatoms. The number of nitrogens with one attached hydrogen (secondary N) is 2. The lowest BCUT2D eigenvalue weighted by Gasteiger charge is -2.30. The number of hydrogen-bond donors (Lipinski definition) is 2. The number of amides is 1. The van der Waals surface area contributed by atoms with Gasteiger partial charge < -0.3 is 4.90 Å². The van der Waals surface area contributed by atoms with Crippen LogP contribution < -0.4 is 10.3 Å². The largest absolute Gasteiger partial charge is 0.335 e. The van der Waals surface area contributed by atoms with Gasteiger partial charge in [-0.2, -0.15) is 5.10 Å². The number of quaternary nitrogens is 1. The van der Waals surface area contributed by atoms with Crippen molar-refractivity contribution in [2.24, 2.45) is 0 Å². The minimum Gasteiger partial charge on any atom is -0.335 e. The first-order valence-corrected chi connectivity index (χ1v) is 10.2. The van der Waals surface area contributed by atoms with Gasteiger partial charge in [0.05, 0.1) is 51.0 Å². The van der Waals surface area contributed by atoms with Gasteiger partial charge >= 0.3 is 0 Å². The van der Waals surface area contributed by atoms with Crippen LogP contribution in [0.3, 0.4) is 0 Å². The van der Waals surface area contributed by atoms with Crippen LogP contribution in [0.4, 0.5) is 0 Å². The van der Waals surface area contributed by atoms with Gasteiger partial charge in [-0.05, 0) is 24.3 Å². The zero-order valence-corrected chi connectivity index (χ0v) is 17.2. The molecule has 3 aromatic rings. The summed E-state index contributed by atoms with van der Waals surface area (Å²) in [5, 5.41) is 7.45. The first kappa shape index (κ1) is 19.6. The van der Waals surface area contributed by atoms with E-state index in [-0.39, 0.29) is 12.3 Å². The second kappa shape index (κ2) is 8.78. The third-order valence-corrected chi connectivity index (χ3v) is 5.43. The SMILES string of the molecule is C[NH+]1CCN(NC(=O)Cc2cn(-c3ccccc3)nc2-c2ccc(Cl)cc2)CC1. The number of hydrazine groups is 1. The van der Waals surface area contributed by atoms with Gasteiger partial charge in [0.25, 0.3) is 0 Å². The molecule has 0 bridgehead atoms. The highest BCUT2D eigenvalue weighted by Gasteiger charge is 2.20. The molecule has 0 atom stereocenters. The van der Waals surface area contributed by atoms with Gasteiger partial charge in [-0.15, -0.1) is 0 Å². The Morgan fingerprint density at radius 1 is 1.10 bits per heavy atom. The molecule has 1 amide bonds. The summed E-state index contributed by atoms with van der Waals surface area (Å²) in [6.07, 6.45) is 2.21. The number of rotatable bonds is 5. The second-order valence-corrected chi connectivity index (χ2v) is 7.88. The molecule has 0 aliphatic carbocycles. The minimum absolute atomic E-state index is 0.0209. The Morgan fingerprint density at radius 2 is 1.79 bits per heavy atom. The molecule has 0 saturated carbocycles. The average molecular weight is 411 g/mol. The van der Waals surface area contributed by atoms with Gasteiger partial charge in [0.1, 0.15) is 0 Å². The highest BCUT2D eigenvalue weighted by Crippen LogP contribution is 2.25. The maximum atomic E-state index is 12.7. The summed E-state index contributed by atoms with van der Waals surface area (Å²) in [5.41, 5.74) is 6.62. The number of aromatic nitrogens is 2. The standard InChI is InChI=1S/C22H24ClN5O/c1-26-11-13-27(14-12-26)24-21(29)15-18-16-28(20-5-3-2-4-6-20)25-22(18)17-7-9-19(23)10-8-17/h2-10,16H,11-15H2,1H3,(H,24,29)/p+1. The lowest BCUT2D eigenvalue weighted by atomic mass is 10.1. The van der Waals surface area contributed by atoms with Crippen LogP contribution in [0.1, 0.15) is 5.56 Å². The van der Waals surface area contributed by atoms with Gasteiger partial charge in [0.2, 0.25) is 5.91 Å². The van der Waals surface area contributed by atoms with Gasteiger partial charge in [-0.25, -0.2) is 9.69 Å². The summed E-state index contributed by atoms with van der Waals surface area (Å²) < 4.78 is 1.83. The molecule has 2 N–H and O–H groups in total. The molecule has 0 spiro atoms. The van der Waals surface area contributed by atoms with E-state index in [1.54, 1.807) is 0 Å². The molecule has 1 aliphatic heterocycles. The van der Waals surface area contributed by atoms with Gasteiger partial charge in [-0.3, -0.25) is 10.2 Å². The van der Waals surface area contributed by atoms with E-state index in [1.807, 2.05) is 70.5 Å². The molecule has 0 unspecified atom stereocenters. The van der Waals surface area contributed by atoms with E-state index in [0.717, 1.165) is 48.7 Å². The average Bonchev–Trinajstić information content (AvgIpc) is 3.14. The second-order valence-electron chi connectivity index (χ2n) is 7.45. The van der Waals surface area contributed by atoms with E-state index < -0.39 is 0 Å². The number of hydrogen-bond acceptors (Lipinski definition) is 3. The van der Waals surface area contributed by atoms with Crippen LogP contribution in [-0.4, -0.2) is 53.9 Å². The van der Waals surface area contributed by atoms with Crippen molar-refractivity contribution in [1.82, 2.24) is 20.2 Å². The maximum Gasteiger partial charge on any atom is 0.238 e. The van der Waals surface area contributed by atoms with Gasteiger partial charge in [-0.1, -0.05) is 41.9 Å². The van der Waals surface area contributed by atoms with Crippen LogP contribution in [0.25, 0.3) is 16.9 Å². The number of halogens is 1. The smallest absolute Gasteiger partial charge is 0.238 e. The molecule has 0 radical (unpaired) electrons. The van der Waals surface area contributed by atoms with Crippen LogP contribution in [0.5, 0.6) is 0 Å². The third kappa shape index (κ3) is 4.85. The molecular formula is C22H25ClN5O+. The summed E-state index contributed by atoms with van der Waals surface area (Å²) >= 11 is 6.05. The van der Waals surface area contributed by atoms with Crippen LogP contribution in [0.15, 0.2) is 60.8 Å². The molecule has 1 aliphatic rings. The Balaban J connectivity index is 1.58. The van der Waals surface area contributed by atoms with E-state index in [1.165, 1.54) is 4.90 Å². The minimum atomic E-state index is -0.0209. The fourth-order valence-corrected chi connectivity index (χ4v) is 3.62. The van der Waals surface area contributed by atoms with Crippen molar-refractivity contribution in [3.63, 3.8) is 0 Å². The van der Waals surface area contributed by atoms with Crippen LogP contribution >= 0.6 is 11.6 Å². The number of piperazine rings is 1. The number of para-hydroxylation sites is 1. The molecule has 2 heterocycles. The van der Waals surface area contributed by atoms with Crippen molar-refractivity contribution in [1.29, 1.82) is 0 Å². The number of likely N-dealkylation sites (N-methyl/N-ethyl adjacent to an activating group) is 1. The predicted molar refractivity (Wildman–Crippen MR) is 114 cm³/mol. The summed E-state index contributed by atoms with van der Waals surface area (Å²) in [7, 11) is 2.18. The van der Waals surface area contributed by atoms with Crippen LogP contribution in [0, 0.1) is 0 Å². The number of nitrogens with zero attached hydrogens (tertiary/aromatic N) is 3. The zero-order chi connectivity index (χ0) is 20.2. The third-order valence-electron chi connectivity index (χ3n) is 5.18. The van der Waals surface area contributed by atoms with Crippen molar-refractivity contribution in [2.45, 2.75) is 6.42 Å². The maximum absolute atomic E-state index is 12.7. The fraction of sp³-hybridized carbons (Fsp3) is 0.273. The molecule has 6 nitrogen and oxygen atoms in total. The fourth-order valence-electron chi connectivity index (χ4n) is 3.49. The number of benzene rings is 2. The first-order chi connectivity index (χ1) is 14.1. The molecule has 1 saturated heterocycles. The Morgan fingerprint density at radius 3 is 2.48 bits per heavy atom. The molecule has 4 rings (SSSR count). The molecule has 1 aromatic heterocycles.